The third-order valence-corrected chi connectivity index (χ3v) is 3.90. The zero-order valence-electron chi connectivity index (χ0n) is 13.1. The summed E-state index contributed by atoms with van der Waals surface area (Å²) in [6, 6.07) is 10.8. The van der Waals surface area contributed by atoms with E-state index in [9.17, 15) is 4.79 Å². The van der Waals surface area contributed by atoms with E-state index in [1.54, 1.807) is 25.3 Å². The Balaban J connectivity index is 1.87. The number of methoxy groups -OCH3 is 2. The zero-order valence-corrected chi connectivity index (χ0v) is 13.1. The lowest BCUT2D eigenvalue weighted by molar-refractivity contribution is 0.0601. The van der Waals surface area contributed by atoms with Crippen molar-refractivity contribution in [3.63, 3.8) is 0 Å². The number of nitrogens with zero attached hydrogens (tertiary/aromatic N) is 2. The van der Waals surface area contributed by atoms with E-state index in [4.69, 9.17) is 9.47 Å². The molecule has 0 aliphatic rings. The van der Waals surface area contributed by atoms with Gasteiger partial charge in [0.15, 0.2) is 5.82 Å². The van der Waals surface area contributed by atoms with Gasteiger partial charge in [-0.05, 0) is 30.3 Å². The van der Waals surface area contributed by atoms with Gasteiger partial charge in [0.1, 0.15) is 11.4 Å². The van der Waals surface area contributed by atoms with Crippen LogP contribution in [0.1, 0.15) is 10.4 Å². The molecule has 0 saturated carbocycles. The minimum absolute atomic E-state index is 0.390. The second-order valence-corrected chi connectivity index (χ2v) is 5.29. The molecule has 0 atom stereocenters. The second kappa shape index (κ2) is 5.38. The van der Waals surface area contributed by atoms with Gasteiger partial charge in [-0.1, -0.05) is 0 Å². The molecular weight excluding hydrogens is 308 g/mol. The lowest BCUT2D eigenvalue weighted by atomic mass is 10.1. The molecular formula is C17H14N4O3. The van der Waals surface area contributed by atoms with Crippen LogP contribution >= 0.6 is 0 Å². The highest BCUT2D eigenvalue weighted by Crippen LogP contribution is 2.28. The van der Waals surface area contributed by atoms with E-state index >= 15 is 0 Å². The Morgan fingerprint density at radius 3 is 2.75 bits per heavy atom. The number of fused-ring (bicyclic) bond motifs is 2. The van der Waals surface area contributed by atoms with Crippen molar-refractivity contribution in [1.82, 2.24) is 20.2 Å². The number of hydrogen-bond acceptors (Lipinski definition) is 5. The van der Waals surface area contributed by atoms with Gasteiger partial charge in [-0.3, -0.25) is 5.10 Å². The van der Waals surface area contributed by atoms with E-state index in [0.29, 0.717) is 17.1 Å². The van der Waals surface area contributed by atoms with Crippen LogP contribution in [0.15, 0.2) is 36.4 Å². The molecule has 0 aliphatic heterocycles. The van der Waals surface area contributed by atoms with Crippen LogP contribution in [0, 0.1) is 0 Å². The number of esters is 1. The molecule has 0 fully saturated rings. The predicted octanol–water partition coefficient (Wildman–Crippen LogP) is 2.90. The van der Waals surface area contributed by atoms with Gasteiger partial charge >= 0.3 is 5.97 Å². The van der Waals surface area contributed by atoms with Gasteiger partial charge in [0.2, 0.25) is 0 Å². The largest absolute Gasteiger partial charge is 0.497 e. The third-order valence-electron chi connectivity index (χ3n) is 3.90. The highest BCUT2D eigenvalue weighted by Gasteiger charge is 2.15. The van der Waals surface area contributed by atoms with Crippen molar-refractivity contribution in [1.29, 1.82) is 0 Å². The highest BCUT2D eigenvalue weighted by molar-refractivity contribution is 5.99. The predicted molar refractivity (Wildman–Crippen MR) is 89.1 cm³/mol. The lowest BCUT2D eigenvalue weighted by Gasteiger charge is -1.99. The van der Waals surface area contributed by atoms with Crippen molar-refractivity contribution in [2.75, 3.05) is 14.2 Å². The summed E-state index contributed by atoms with van der Waals surface area (Å²) in [5, 5.41) is 8.07. The first-order chi connectivity index (χ1) is 11.7. The molecule has 0 bridgehead atoms. The number of imidazole rings is 1. The maximum Gasteiger partial charge on any atom is 0.337 e. The van der Waals surface area contributed by atoms with E-state index in [0.717, 1.165) is 27.7 Å². The average molecular weight is 322 g/mol. The highest BCUT2D eigenvalue weighted by atomic mass is 16.5. The summed E-state index contributed by atoms with van der Waals surface area (Å²) in [5.41, 5.74) is 3.59. The van der Waals surface area contributed by atoms with Gasteiger partial charge in [0.25, 0.3) is 0 Å². The van der Waals surface area contributed by atoms with E-state index in [-0.39, 0.29) is 0 Å². The van der Waals surface area contributed by atoms with E-state index < -0.39 is 5.97 Å². The van der Waals surface area contributed by atoms with Crippen LogP contribution in [-0.4, -0.2) is 40.4 Å². The van der Waals surface area contributed by atoms with Gasteiger partial charge in [-0.2, -0.15) is 5.10 Å². The van der Waals surface area contributed by atoms with E-state index in [2.05, 4.69) is 20.2 Å². The molecule has 2 aromatic heterocycles. The van der Waals surface area contributed by atoms with Gasteiger partial charge < -0.3 is 14.5 Å². The summed E-state index contributed by atoms with van der Waals surface area (Å²) >= 11 is 0. The molecule has 24 heavy (non-hydrogen) atoms. The van der Waals surface area contributed by atoms with Crippen LogP contribution in [-0.2, 0) is 4.74 Å². The maximum atomic E-state index is 11.7. The first-order valence-corrected chi connectivity index (χ1v) is 7.30. The van der Waals surface area contributed by atoms with Gasteiger partial charge in [-0.25, -0.2) is 9.78 Å². The number of aromatic nitrogens is 4. The molecule has 4 rings (SSSR count). The third kappa shape index (κ3) is 2.18. The number of hydrogen-bond donors (Lipinski definition) is 2. The van der Waals surface area contributed by atoms with Crippen molar-refractivity contribution in [2.45, 2.75) is 0 Å². The normalized spacial score (nSPS) is 11.1. The Morgan fingerprint density at radius 2 is 1.96 bits per heavy atom. The molecule has 2 aromatic carbocycles. The maximum absolute atomic E-state index is 11.7. The monoisotopic (exact) mass is 322 g/mol. The smallest absolute Gasteiger partial charge is 0.337 e. The Kier molecular flexibility index (Phi) is 3.19. The molecule has 2 N–H and O–H groups in total. The molecule has 2 heterocycles. The number of rotatable bonds is 3. The minimum Gasteiger partial charge on any atom is -0.497 e. The number of nitrogens with one attached hydrogen (secondary N) is 2. The fourth-order valence-electron chi connectivity index (χ4n) is 2.67. The molecule has 7 heteroatoms. The summed E-state index contributed by atoms with van der Waals surface area (Å²) < 4.78 is 10.00. The van der Waals surface area contributed by atoms with Crippen LogP contribution in [0.2, 0.25) is 0 Å². The van der Waals surface area contributed by atoms with Crippen molar-refractivity contribution >= 4 is 27.9 Å². The molecule has 120 valence electrons. The molecule has 0 amide bonds. The Hall–Kier alpha value is -3.35. The van der Waals surface area contributed by atoms with Crippen molar-refractivity contribution in [3.05, 3.63) is 42.0 Å². The SMILES string of the molecule is COC(=O)c1ccc2[nH]nc(-c3nc4ccc(OC)cc4[nH]3)c2c1. The molecule has 0 aliphatic carbocycles. The first-order valence-electron chi connectivity index (χ1n) is 7.30. The van der Waals surface area contributed by atoms with Gasteiger partial charge in [-0.15, -0.1) is 0 Å². The zero-order chi connectivity index (χ0) is 16.7. The Bertz CT molecular complexity index is 1060. The molecule has 7 nitrogen and oxygen atoms in total. The number of benzene rings is 2. The number of carbonyl (C=O) groups is 1. The van der Waals surface area contributed by atoms with Crippen LogP contribution in [0.3, 0.4) is 0 Å². The Morgan fingerprint density at radius 1 is 1.08 bits per heavy atom. The van der Waals surface area contributed by atoms with Crippen LogP contribution in [0.4, 0.5) is 0 Å². The Labute approximate surface area is 136 Å². The van der Waals surface area contributed by atoms with E-state index in [1.165, 1.54) is 7.11 Å². The second-order valence-electron chi connectivity index (χ2n) is 5.29. The van der Waals surface area contributed by atoms with Crippen LogP contribution in [0.5, 0.6) is 5.75 Å². The van der Waals surface area contributed by atoms with E-state index in [1.807, 2.05) is 18.2 Å². The minimum atomic E-state index is -0.390. The van der Waals surface area contributed by atoms with Crippen LogP contribution in [0.25, 0.3) is 33.5 Å². The number of aromatic amines is 2. The van der Waals surface area contributed by atoms with Crippen molar-refractivity contribution in [3.8, 4) is 17.3 Å². The first kappa shape index (κ1) is 14.3. The van der Waals surface area contributed by atoms with Gasteiger partial charge in [0.05, 0.1) is 36.3 Å². The fourth-order valence-corrected chi connectivity index (χ4v) is 2.67. The molecule has 0 spiro atoms. The summed E-state index contributed by atoms with van der Waals surface area (Å²) in [7, 11) is 2.98. The topological polar surface area (TPSA) is 92.9 Å². The van der Waals surface area contributed by atoms with Crippen LogP contribution < -0.4 is 4.74 Å². The summed E-state index contributed by atoms with van der Waals surface area (Å²) in [6.07, 6.45) is 0. The van der Waals surface area contributed by atoms with Gasteiger partial charge in [0, 0.05) is 11.5 Å². The number of carbonyl (C=O) groups excluding carboxylic acids is 1. The number of H-pyrrole nitrogens is 2. The quantitative estimate of drug-likeness (QED) is 0.566. The molecule has 0 radical (unpaired) electrons. The standard InChI is InChI=1S/C17H14N4O3/c1-23-10-4-6-13-14(8-10)19-16(18-13)15-11-7-9(17(22)24-2)3-5-12(11)20-21-15/h3-8H,1-2H3,(H,18,19)(H,20,21). The van der Waals surface area contributed by atoms with Crippen molar-refractivity contribution < 1.29 is 14.3 Å². The molecule has 0 saturated heterocycles. The summed E-state index contributed by atoms with van der Waals surface area (Å²) in [4.78, 5) is 19.6. The summed E-state index contributed by atoms with van der Waals surface area (Å²) in [6.45, 7) is 0. The fraction of sp³-hybridized carbons (Fsp3) is 0.118. The average Bonchev–Trinajstić information content (AvgIpc) is 3.22. The summed E-state index contributed by atoms with van der Waals surface area (Å²) in [5.74, 6) is 0.975. The van der Waals surface area contributed by atoms with Crippen molar-refractivity contribution in [2.24, 2.45) is 0 Å². The molecule has 0 unspecified atom stereocenters. The molecule has 4 aromatic rings. The number of ether oxygens (including phenoxy) is 2. The lowest BCUT2D eigenvalue weighted by Crippen LogP contribution is -2.00.